The molecule has 0 fully saturated rings. The van der Waals surface area contributed by atoms with Crippen molar-refractivity contribution >= 4 is 17.8 Å². The summed E-state index contributed by atoms with van der Waals surface area (Å²) in [5.41, 5.74) is 1.10. The summed E-state index contributed by atoms with van der Waals surface area (Å²) in [6.45, 7) is 3.90. The van der Waals surface area contributed by atoms with Crippen molar-refractivity contribution in [3.05, 3.63) is 35.4 Å². The number of phenols is 1. The summed E-state index contributed by atoms with van der Waals surface area (Å²) in [4.78, 5) is 24.6. The van der Waals surface area contributed by atoms with E-state index < -0.39 is 5.97 Å². The van der Waals surface area contributed by atoms with Gasteiger partial charge in [-0.3, -0.25) is 4.79 Å². The smallest absolute Gasteiger partial charge is 0.339 e. The van der Waals surface area contributed by atoms with Crippen LogP contribution < -0.4 is 0 Å². The van der Waals surface area contributed by atoms with E-state index in [4.69, 9.17) is 4.74 Å². The molecule has 0 radical (unpaired) electrons. The molecule has 4 heteroatoms. The molecule has 24 heavy (non-hydrogen) atoms. The second kappa shape index (κ2) is 8.67. The zero-order valence-corrected chi connectivity index (χ0v) is 14.5. The van der Waals surface area contributed by atoms with Crippen LogP contribution in [0.25, 0.3) is 6.08 Å². The van der Waals surface area contributed by atoms with Crippen molar-refractivity contribution < 1.29 is 19.4 Å². The normalized spacial score (nSPS) is 24.6. The molecule has 0 aromatic heterocycles. The summed E-state index contributed by atoms with van der Waals surface area (Å²) in [6.07, 6.45) is 7.95. The van der Waals surface area contributed by atoms with Gasteiger partial charge < -0.3 is 9.84 Å². The molecule has 4 nitrogen and oxygen atoms in total. The van der Waals surface area contributed by atoms with E-state index in [1.807, 2.05) is 26.0 Å². The molecule has 0 saturated carbocycles. The van der Waals surface area contributed by atoms with E-state index >= 15 is 0 Å². The predicted molar refractivity (Wildman–Crippen MR) is 93.9 cm³/mol. The SMILES string of the molecule is CCC1CC/C=C/c2cc(O)ccc2C(=O)OC(C)CCCC1=O. The van der Waals surface area contributed by atoms with E-state index in [-0.39, 0.29) is 17.8 Å². The van der Waals surface area contributed by atoms with Crippen LogP contribution in [0.4, 0.5) is 0 Å². The van der Waals surface area contributed by atoms with Crippen LogP contribution in [0.5, 0.6) is 5.75 Å². The number of rotatable bonds is 1. The monoisotopic (exact) mass is 330 g/mol. The van der Waals surface area contributed by atoms with Gasteiger partial charge in [-0.15, -0.1) is 0 Å². The van der Waals surface area contributed by atoms with Crippen molar-refractivity contribution in [3.63, 3.8) is 0 Å². The Balaban J connectivity index is 2.26. The molecule has 0 bridgehead atoms. The average molecular weight is 330 g/mol. The number of Topliss-reactive ketones (excluding diaryl/α,β-unsaturated/α-hetero) is 1. The molecule has 0 amide bonds. The number of aromatic hydroxyl groups is 1. The first-order chi connectivity index (χ1) is 11.5. The molecule has 1 heterocycles. The summed E-state index contributed by atoms with van der Waals surface area (Å²) < 4.78 is 5.48. The van der Waals surface area contributed by atoms with Crippen molar-refractivity contribution in [2.45, 2.75) is 58.5 Å². The van der Waals surface area contributed by atoms with Gasteiger partial charge in [0.1, 0.15) is 11.5 Å². The molecule has 1 aromatic carbocycles. The summed E-state index contributed by atoms with van der Waals surface area (Å²) in [5, 5.41) is 9.68. The van der Waals surface area contributed by atoms with Crippen LogP contribution >= 0.6 is 0 Å². The largest absolute Gasteiger partial charge is 0.508 e. The maximum absolute atomic E-state index is 12.4. The van der Waals surface area contributed by atoms with Crippen LogP contribution in [-0.4, -0.2) is 23.0 Å². The quantitative estimate of drug-likeness (QED) is 0.770. The summed E-state index contributed by atoms with van der Waals surface area (Å²) >= 11 is 0. The molecular formula is C20H26O4. The highest BCUT2D eigenvalue weighted by molar-refractivity contribution is 5.94. The van der Waals surface area contributed by atoms with Crippen molar-refractivity contribution in [2.75, 3.05) is 0 Å². The van der Waals surface area contributed by atoms with Gasteiger partial charge in [0, 0.05) is 12.3 Å². The Morgan fingerprint density at radius 3 is 2.79 bits per heavy atom. The number of phenolic OH excluding ortho intramolecular Hbond substituents is 1. The fourth-order valence-electron chi connectivity index (χ4n) is 3.05. The van der Waals surface area contributed by atoms with Gasteiger partial charge in [-0.2, -0.15) is 0 Å². The van der Waals surface area contributed by atoms with Crippen LogP contribution in [0.15, 0.2) is 24.3 Å². The van der Waals surface area contributed by atoms with Gasteiger partial charge >= 0.3 is 5.97 Å². The van der Waals surface area contributed by atoms with Crippen LogP contribution in [0.1, 0.15) is 68.3 Å². The second-order valence-corrected chi connectivity index (χ2v) is 6.43. The number of ketones is 1. The van der Waals surface area contributed by atoms with Crippen molar-refractivity contribution in [2.24, 2.45) is 5.92 Å². The van der Waals surface area contributed by atoms with Gasteiger partial charge in [-0.1, -0.05) is 19.1 Å². The number of carbonyl (C=O) groups excluding carboxylic acids is 2. The summed E-state index contributed by atoms with van der Waals surface area (Å²) in [5.74, 6) is 0.123. The standard InChI is InChI=1S/C20H26O4/c1-3-15-8-4-5-9-16-13-17(21)11-12-18(16)20(23)24-14(2)7-6-10-19(15)22/h5,9,11-15,21H,3-4,6-8,10H2,1-2H3/b9-5+. The highest BCUT2D eigenvalue weighted by Crippen LogP contribution is 2.23. The van der Waals surface area contributed by atoms with E-state index in [1.165, 1.54) is 6.07 Å². The topological polar surface area (TPSA) is 63.6 Å². The number of hydrogen-bond acceptors (Lipinski definition) is 4. The minimum atomic E-state index is -0.392. The number of hydrogen-bond donors (Lipinski definition) is 1. The molecule has 1 aromatic rings. The molecule has 1 aliphatic heterocycles. The molecule has 0 aliphatic carbocycles. The fourth-order valence-corrected chi connectivity index (χ4v) is 3.05. The van der Waals surface area contributed by atoms with E-state index in [1.54, 1.807) is 12.1 Å². The van der Waals surface area contributed by atoms with Gasteiger partial charge in [0.2, 0.25) is 0 Å². The molecule has 130 valence electrons. The maximum Gasteiger partial charge on any atom is 0.339 e. The van der Waals surface area contributed by atoms with Crippen LogP contribution in [0.3, 0.4) is 0 Å². The number of esters is 1. The van der Waals surface area contributed by atoms with Gasteiger partial charge in [0.15, 0.2) is 0 Å². The third kappa shape index (κ3) is 4.95. The van der Waals surface area contributed by atoms with Crippen LogP contribution in [0, 0.1) is 5.92 Å². The molecule has 0 spiro atoms. The van der Waals surface area contributed by atoms with E-state index in [0.717, 1.165) is 25.7 Å². The minimum Gasteiger partial charge on any atom is -0.508 e. The number of ether oxygens (including phenoxy) is 1. The highest BCUT2D eigenvalue weighted by Gasteiger charge is 2.19. The Hall–Kier alpha value is -2.10. The molecule has 0 saturated heterocycles. The molecule has 2 unspecified atom stereocenters. The van der Waals surface area contributed by atoms with E-state index in [2.05, 4.69) is 0 Å². The lowest BCUT2D eigenvalue weighted by Crippen LogP contribution is -2.18. The van der Waals surface area contributed by atoms with Crippen molar-refractivity contribution in [1.29, 1.82) is 0 Å². The first-order valence-electron chi connectivity index (χ1n) is 8.74. The molecule has 1 aliphatic rings. The van der Waals surface area contributed by atoms with Crippen molar-refractivity contribution in [3.8, 4) is 5.75 Å². The number of cyclic esters (lactones) is 1. The maximum atomic E-state index is 12.4. The van der Waals surface area contributed by atoms with Crippen LogP contribution in [0.2, 0.25) is 0 Å². The zero-order chi connectivity index (χ0) is 17.5. The predicted octanol–water partition coefficient (Wildman–Crippen LogP) is 4.51. The zero-order valence-electron chi connectivity index (χ0n) is 14.5. The van der Waals surface area contributed by atoms with Gasteiger partial charge in [0.05, 0.1) is 11.7 Å². The number of allylic oxidation sites excluding steroid dienone is 1. The Bertz CT molecular complexity index is 618. The fraction of sp³-hybridized carbons (Fsp3) is 0.500. The lowest BCUT2D eigenvalue weighted by Gasteiger charge is -2.17. The highest BCUT2D eigenvalue weighted by atomic mass is 16.5. The van der Waals surface area contributed by atoms with Crippen molar-refractivity contribution in [1.82, 2.24) is 0 Å². The second-order valence-electron chi connectivity index (χ2n) is 6.43. The molecule has 2 atom stereocenters. The van der Waals surface area contributed by atoms with Gasteiger partial charge in [-0.05, 0) is 62.8 Å². The van der Waals surface area contributed by atoms with Gasteiger partial charge in [0.25, 0.3) is 0 Å². The van der Waals surface area contributed by atoms with E-state index in [9.17, 15) is 14.7 Å². The third-order valence-corrected chi connectivity index (χ3v) is 4.52. The Morgan fingerprint density at radius 1 is 1.25 bits per heavy atom. The molecule has 1 N–H and O–H groups in total. The average Bonchev–Trinajstić information content (AvgIpc) is 2.54. The minimum absolute atomic E-state index is 0.0964. The lowest BCUT2D eigenvalue weighted by atomic mass is 9.91. The molecular weight excluding hydrogens is 304 g/mol. The number of benzene rings is 1. The first-order valence-corrected chi connectivity index (χ1v) is 8.74. The molecule has 2 rings (SSSR count). The summed E-state index contributed by atoms with van der Waals surface area (Å²) in [7, 11) is 0. The lowest BCUT2D eigenvalue weighted by molar-refractivity contribution is -0.123. The summed E-state index contributed by atoms with van der Waals surface area (Å²) in [6, 6.07) is 4.65. The Kier molecular flexibility index (Phi) is 6.59. The van der Waals surface area contributed by atoms with E-state index in [0.29, 0.717) is 29.8 Å². The number of carbonyl (C=O) groups is 2. The Morgan fingerprint density at radius 2 is 2.04 bits per heavy atom. The Labute approximate surface area is 143 Å². The first kappa shape index (κ1) is 18.2. The number of fused-ring (bicyclic) bond motifs is 1. The van der Waals surface area contributed by atoms with Gasteiger partial charge in [-0.25, -0.2) is 4.79 Å². The van der Waals surface area contributed by atoms with Crippen LogP contribution in [-0.2, 0) is 9.53 Å². The third-order valence-electron chi connectivity index (χ3n) is 4.52.